The number of pyridine rings is 1. The molecular weight excluding hydrogens is 531 g/mol. The highest BCUT2D eigenvalue weighted by atomic mass is 32.2. The van der Waals surface area contributed by atoms with Gasteiger partial charge in [0.1, 0.15) is 12.7 Å². The number of ether oxygens (including phenoxy) is 1. The van der Waals surface area contributed by atoms with Crippen molar-refractivity contribution in [3.05, 3.63) is 93.4 Å². The van der Waals surface area contributed by atoms with Crippen LogP contribution in [-0.2, 0) is 10.5 Å². The third-order valence-electron chi connectivity index (χ3n) is 6.93. The normalized spacial score (nSPS) is 17.7. The molecule has 2 aromatic carbocycles. The van der Waals surface area contributed by atoms with Crippen molar-refractivity contribution >= 4 is 23.6 Å². The number of carbonyl (C=O) groups is 2. The maximum atomic E-state index is 14.0. The third-order valence-corrected chi connectivity index (χ3v) is 8.07. The number of hydrogen-bond donors (Lipinski definition) is 0. The number of amides is 1. The van der Waals surface area contributed by atoms with Crippen LogP contribution >= 0.6 is 11.8 Å². The van der Waals surface area contributed by atoms with Crippen molar-refractivity contribution in [1.29, 1.82) is 0 Å². The monoisotopic (exact) mass is 557 g/mol. The van der Waals surface area contributed by atoms with Gasteiger partial charge in [-0.05, 0) is 29.7 Å². The smallest absolute Gasteiger partial charge is 0.408 e. The summed E-state index contributed by atoms with van der Waals surface area (Å²) in [4.78, 5) is 40.7. The molecule has 7 nitrogen and oxygen atoms in total. The average molecular weight is 558 g/mol. The van der Waals surface area contributed by atoms with Gasteiger partial charge in [-0.2, -0.15) is 13.2 Å². The highest BCUT2D eigenvalue weighted by molar-refractivity contribution is 7.98. The fraction of sp³-hybridized carbons (Fsp3) is 0.321. The summed E-state index contributed by atoms with van der Waals surface area (Å²) in [5, 5.41) is 1.62. The van der Waals surface area contributed by atoms with E-state index in [0.717, 1.165) is 34.6 Å². The number of aromatic nitrogens is 1. The Balaban J connectivity index is 1.78. The van der Waals surface area contributed by atoms with Crippen LogP contribution in [0.3, 0.4) is 0 Å². The third kappa shape index (κ3) is 4.80. The van der Waals surface area contributed by atoms with Gasteiger partial charge in [-0.25, -0.2) is 0 Å². The van der Waals surface area contributed by atoms with E-state index in [9.17, 15) is 27.6 Å². The Hall–Kier alpha value is -3.73. The minimum absolute atomic E-state index is 0.425. The quantitative estimate of drug-likeness (QED) is 0.416. The molecule has 0 unspecified atom stereocenters. The summed E-state index contributed by atoms with van der Waals surface area (Å²) < 4.78 is 48.8. The first-order chi connectivity index (χ1) is 18.5. The Labute approximate surface area is 227 Å². The van der Waals surface area contributed by atoms with E-state index in [2.05, 4.69) is 0 Å². The second-order valence-electron chi connectivity index (χ2n) is 9.78. The van der Waals surface area contributed by atoms with Crippen molar-refractivity contribution in [2.75, 3.05) is 11.7 Å². The van der Waals surface area contributed by atoms with Gasteiger partial charge in [0.05, 0.1) is 12.0 Å². The molecule has 0 N–H and O–H groups in total. The van der Waals surface area contributed by atoms with Crippen LogP contribution in [0.1, 0.15) is 54.0 Å². The molecule has 39 heavy (non-hydrogen) atoms. The molecule has 0 spiro atoms. The number of fused-ring (bicyclic) bond motifs is 3. The lowest BCUT2D eigenvalue weighted by Crippen LogP contribution is -2.60. The van der Waals surface area contributed by atoms with Gasteiger partial charge in [-0.15, -0.1) is 11.8 Å². The second-order valence-corrected chi connectivity index (χ2v) is 10.8. The van der Waals surface area contributed by atoms with E-state index in [-0.39, 0.29) is 0 Å². The molecule has 0 radical (unpaired) electrons. The zero-order valence-corrected chi connectivity index (χ0v) is 22.3. The maximum absolute atomic E-state index is 14.0. The van der Waals surface area contributed by atoms with Crippen molar-refractivity contribution in [3.8, 4) is 5.75 Å². The van der Waals surface area contributed by atoms with Gasteiger partial charge in [0.2, 0.25) is 11.2 Å². The number of alkyl halides is 3. The number of halogens is 3. The Morgan fingerprint density at radius 3 is 2.36 bits per heavy atom. The van der Waals surface area contributed by atoms with Crippen molar-refractivity contribution in [2.24, 2.45) is 5.92 Å². The van der Waals surface area contributed by atoms with Crippen LogP contribution in [0.25, 0.3) is 0 Å². The number of benzene rings is 2. The molecule has 0 saturated heterocycles. The van der Waals surface area contributed by atoms with E-state index in [1.54, 1.807) is 30.6 Å². The number of nitrogens with zero attached hydrogens (tertiary/aromatic N) is 3. The zero-order chi connectivity index (χ0) is 28.1. The Bertz CT molecular complexity index is 1460. The number of rotatable bonds is 4. The molecule has 11 heteroatoms. The van der Waals surface area contributed by atoms with Crippen LogP contribution in [0.15, 0.2) is 70.5 Å². The molecule has 0 fully saturated rings. The molecular formula is C28H26F3N3O4S. The van der Waals surface area contributed by atoms with E-state index in [1.807, 2.05) is 48.5 Å². The minimum Gasteiger partial charge on any atom is -0.420 e. The van der Waals surface area contributed by atoms with Crippen LogP contribution in [0.5, 0.6) is 5.75 Å². The number of esters is 1. The van der Waals surface area contributed by atoms with Crippen LogP contribution in [0, 0.1) is 5.92 Å². The van der Waals surface area contributed by atoms with E-state index >= 15 is 0 Å². The molecule has 2 aliphatic rings. The SMILES string of the molecule is CC(C)C(=O)Oc1c2n(ccc1=O)N([C@H]1c3ccccc3CSc3ccccc31)CN([C@@H](C)C(F)(F)F)C2=O. The van der Waals surface area contributed by atoms with Crippen LogP contribution in [0.4, 0.5) is 13.2 Å². The topological polar surface area (TPSA) is 71.8 Å². The van der Waals surface area contributed by atoms with Crippen LogP contribution in [0.2, 0.25) is 0 Å². The Kier molecular flexibility index (Phi) is 6.96. The lowest BCUT2D eigenvalue weighted by Gasteiger charge is -2.46. The summed E-state index contributed by atoms with van der Waals surface area (Å²) in [6.07, 6.45) is -3.39. The molecule has 3 aromatic rings. The Morgan fingerprint density at radius 1 is 1.00 bits per heavy atom. The van der Waals surface area contributed by atoms with Crippen molar-refractivity contribution in [1.82, 2.24) is 9.58 Å². The number of hydrogen-bond acceptors (Lipinski definition) is 6. The molecule has 2 atom stereocenters. The molecule has 5 rings (SSSR count). The molecule has 2 aliphatic heterocycles. The predicted octanol–water partition coefficient (Wildman–Crippen LogP) is 5.11. The fourth-order valence-corrected chi connectivity index (χ4v) is 5.85. The summed E-state index contributed by atoms with van der Waals surface area (Å²) in [6, 6.07) is 13.6. The number of carbonyl (C=O) groups excluding carboxylic acids is 2. The number of thioether (sulfide) groups is 1. The molecule has 1 amide bonds. The summed E-state index contributed by atoms with van der Waals surface area (Å²) in [5.74, 6) is -2.40. The average Bonchev–Trinajstić information content (AvgIpc) is 3.06. The minimum atomic E-state index is -4.73. The van der Waals surface area contributed by atoms with E-state index in [4.69, 9.17) is 4.74 Å². The molecule has 3 heterocycles. The van der Waals surface area contributed by atoms with Crippen LogP contribution < -0.4 is 15.2 Å². The first-order valence-electron chi connectivity index (χ1n) is 12.4. The van der Waals surface area contributed by atoms with Gasteiger partial charge < -0.3 is 9.64 Å². The largest absolute Gasteiger partial charge is 0.420 e. The highest BCUT2D eigenvalue weighted by Crippen LogP contribution is 2.43. The summed E-state index contributed by atoms with van der Waals surface area (Å²) >= 11 is 1.61. The lowest BCUT2D eigenvalue weighted by atomic mass is 9.94. The van der Waals surface area contributed by atoms with Gasteiger partial charge in [-0.3, -0.25) is 24.1 Å². The van der Waals surface area contributed by atoms with Gasteiger partial charge >= 0.3 is 12.1 Å². The van der Waals surface area contributed by atoms with E-state index < -0.39 is 59.6 Å². The Morgan fingerprint density at radius 2 is 1.67 bits per heavy atom. The molecule has 0 bridgehead atoms. The van der Waals surface area contributed by atoms with Gasteiger partial charge in [0.25, 0.3) is 5.91 Å². The van der Waals surface area contributed by atoms with Gasteiger partial charge in [0, 0.05) is 22.9 Å². The predicted molar refractivity (Wildman–Crippen MR) is 140 cm³/mol. The standard InChI is InChI=1S/C28H26F3N3O4S/c1-16(2)27(37)38-25-21(35)12-13-33-24(25)26(36)32(17(3)28(29,30)31)15-34(33)23-19-9-5-4-8-18(19)14-39-22-11-7-6-10-20(22)23/h4-13,16-17,23H,14-15H2,1-3H3/t17-,23-/m0/s1. The summed E-state index contributed by atoms with van der Waals surface area (Å²) in [6.45, 7) is 3.58. The van der Waals surface area contributed by atoms with Gasteiger partial charge in [-0.1, -0.05) is 56.3 Å². The zero-order valence-electron chi connectivity index (χ0n) is 21.4. The molecule has 0 saturated carbocycles. The first kappa shape index (κ1) is 26.9. The van der Waals surface area contributed by atoms with E-state index in [1.165, 1.54) is 10.9 Å². The summed E-state index contributed by atoms with van der Waals surface area (Å²) in [7, 11) is 0. The second kappa shape index (κ2) is 10.1. The van der Waals surface area contributed by atoms with Crippen molar-refractivity contribution in [2.45, 2.75) is 49.7 Å². The fourth-order valence-electron chi connectivity index (χ4n) is 4.76. The van der Waals surface area contributed by atoms with Crippen molar-refractivity contribution in [3.63, 3.8) is 0 Å². The van der Waals surface area contributed by atoms with E-state index in [0.29, 0.717) is 10.7 Å². The molecule has 0 aliphatic carbocycles. The first-order valence-corrected chi connectivity index (χ1v) is 13.4. The molecule has 204 valence electrons. The highest BCUT2D eigenvalue weighted by Gasteiger charge is 2.48. The van der Waals surface area contributed by atoms with Crippen molar-refractivity contribution < 1.29 is 27.5 Å². The molecule has 1 aromatic heterocycles. The van der Waals surface area contributed by atoms with Gasteiger partial charge in [0.15, 0.2) is 5.69 Å². The lowest BCUT2D eigenvalue weighted by molar-refractivity contribution is -0.173. The van der Waals surface area contributed by atoms with Crippen LogP contribution in [-0.4, -0.2) is 40.3 Å². The summed E-state index contributed by atoms with van der Waals surface area (Å²) in [5.41, 5.74) is 1.49. The maximum Gasteiger partial charge on any atom is 0.408 e.